The second-order valence-corrected chi connectivity index (χ2v) is 5.28. The minimum absolute atomic E-state index is 0.141. The zero-order chi connectivity index (χ0) is 13.0. The van der Waals surface area contributed by atoms with E-state index in [0.29, 0.717) is 12.1 Å². The van der Waals surface area contributed by atoms with Crippen LogP contribution in [0.1, 0.15) is 31.2 Å². The summed E-state index contributed by atoms with van der Waals surface area (Å²) in [4.78, 5) is 2.17. The van der Waals surface area contributed by atoms with E-state index < -0.39 is 0 Å². The SMILES string of the molecule is OCC1CCCCCN1Cc1cccc(Cl)c1F. The molecule has 1 aromatic rings. The molecule has 2 rings (SSSR count). The first-order valence-electron chi connectivity index (χ1n) is 6.50. The highest BCUT2D eigenvalue weighted by Crippen LogP contribution is 2.23. The van der Waals surface area contributed by atoms with Crippen molar-refractivity contribution in [2.75, 3.05) is 13.2 Å². The Hall–Kier alpha value is -0.640. The summed E-state index contributed by atoms with van der Waals surface area (Å²) in [6.45, 7) is 1.58. The molecule has 0 spiro atoms. The number of aliphatic hydroxyl groups excluding tert-OH is 1. The van der Waals surface area contributed by atoms with Gasteiger partial charge in [-0.25, -0.2) is 4.39 Å². The molecule has 0 aliphatic carbocycles. The van der Waals surface area contributed by atoms with Crippen molar-refractivity contribution in [1.29, 1.82) is 0 Å². The van der Waals surface area contributed by atoms with E-state index in [9.17, 15) is 9.50 Å². The summed E-state index contributed by atoms with van der Waals surface area (Å²) < 4.78 is 13.9. The molecule has 1 atom stereocenters. The van der Waals surface area contributed by atoms with Crippen LogP contribution in [0.15, 0.2) is 18.2 Å². The van der Waals surface area contributed by atoms with Gasteiger partial charge in [0.15, 0.2) is 0 Å². The van der Waals surface area contributed by atoms with E-state index in [1.165, 1.54) is 6.42 Å². The quantitative estimate of drug-likeness (QED) is 0.912. The van der Waals surface area contributed by atoms with E-state index in [1.807, 2.05) is 0 Å². The van der Waals surface area contributed by atoms with E-state index in [-0.39, 0.29) is 23.5 Å². The minimum atomic E-state index is -0.333. The van der Waals surface area contributed by atoms with Crippen molar-refractivity contribution < 1.29 is 9.50 Å². The molecule has 1 N–H and O–H groups in total. The van der Waals surface area contributed by atoms with E-state index in [0.717, 1.165) is 25.8 Å². The molecule has 1 aliphatic heterocycles. The van der Waals surface area contributed by atoms with Crippen LogP contribution in [-0.2, 0) is 6.54 Å². The molecule has 100 valence electrons. The maximum atomic E-state index is 13.9. The number of nitrogens with zero attached hydrogens (tertiary/aromatic N) is 1. The van der Waals surface area contributed by atoms with Gasteiger partial charge in [-0.05, 0) is 25.5 Å². The number of hydrogen-bond donors (Lipinski definition) is 1. The van der Waals surface area contributed by atoms with Gasteiger partial charge in [-0.1, -0.05) is 36.6 Å². The van der Waals surface area contributed by atoms with Gasteiger partial charge in [0, 0.05) is 18.2 Å². The first kappa shape index (κ1) is 13.8. The lowest BCUT2D eigenvalue weighted by Gasteiger charge is -2.28. The average Bonchev–Trinajstić information content (AvgIpc) is 2.60. The molecule has 1 aliphatic rings. The maximum absolute atomic E-state index is 13.9. The van der Waals surface area contributed by atoms with Gasteiger partial charge in [-0.2, -0.15) is 0 Å². The van der Waals surface area contributed by atoms with Crippen LogP contribution in [0.2, 0.25) is 5.02 Å². The molecule has 1 aromatic carbocycles. The van der Waals surface area contributed by atoms with Crippen LogP contribution < -0.4 is 0 Å². The Labute approximate surface area is 112 Å². The second kappa shape index (κ2) is 6.50. The van der Waals surface area contributed by atoms with Crippen LogP contribution in [0, 0.1) is 5.82 Å². The Morgan fingerprint density at radius 3 is 2.94 bits per heavy atom. The van der Waals surface area contributed by atoms with Gasteiger partial charge in [-0.3, -0.25) is 4.90 Å². The largest absolute Gasteiger partial charge is 0.395 e. The van der Waals surface area contributed by atoms with Crippen LogP contribution in [0.5, 0.6) is 0 Å². The van der Waals surface area contributed by atoms with Gasteiger partial charge >= 0.3 is 0 Å². The molecule has 1 fully saturated rings. The Morgan fingerprint density at radius 1 is 1.33 bits per heavy atom. The smallest absolute Gasteiger partial charge is 0.146 e. The zero-order valence-electron chi connectivity index (χ0n) is 10.4. The average molecular weight is 272 g/mol. The lowest BCUT2D eigenvalue weighted by Crippen LogP contribution is -2.37. The van der Waals surface area contributed by atoms with Crippen molar-refractivity contribution in [3.05, 3.63) is 34.6 Å². The highest BCUT2D eigenvalue weighted by atomic mass is 35.5. The number of benzene rings is 1. The monoisotopic (exact) mass is 271 g/mol. The summed E-state index contributed by atoms with van der Waals surface area (Å²) in [5.41, 5.74) is 0.614. The standard InChI is InChI=1S/C14H19ClFNO/c15-13-7-4-5-11(14(13)16)9-17-8-3-1-2-6-12(17)10-18/h4-5,7,12,18H,1-3,6,8-10H2. The molecule has 0 amide bonds. The third kappa shape index (κ3) is 3.22. The van der Waals surface area contributed by atoms with Crippen LogP contribution in [0.3, 0.4) is 0 Å². The lowest BCUT2D eigenvalue weighted by atomic mass is 10.1. The molecule has 0 saturated carbocycles. The van der Waals surface area contributed by atoms with Gasteiger partial charge < -0.3 is 5.11 Å². The van der Waals surface area contributed by atoms with Crippen molar-refractivity contribution in [3.63, 3.8) is 0 Å². The van der Waals surface area contributed by atoms with Crippen LogP contribution in [-0.4, -0.2) is 29.2 Å². The molecule has 0 bridgehead atoms. The van der Waals surface area contributed by atoms with Crippen molar-refractivity contribution >= 4 is 11.6 Å². The van der Waals surface area contributed by atoms with Gasteiger partial charge in [0.05, 0.1) is 11.6 Å². The van der Waals surface area contributed by atoms with Crippen LogP contribution in [0.4, 0.5) is 4.39 Å². The molecule has 0 radical (unpaired) electrons. The second-order valence-electron chi connectivity index (χ2n) is 4.87. The molecule has 18 heavy (non-hydrogen) atoms. The van der Waals surface area contributed by atoms with Crippen molar-refractivity contribution in [2.45, 2.75) is 38.3 Å². The summed E-state index contributed by atoms with van der Waals surface area (Å²) in [6.07, 6.45) is 4.42. The predicted molar refractivity (Wildman–Crippen MR) is 71.2 cm³/mol. The molecule has 0 aromatic heterocycles. The first-order chi connectivity index (χ1) is 8.72. The molecular formula is C14H19ClFNO. The van der Waals surface area contributed by atoms with Crippen LogP contribution >= 0.6 is 11.6 Å². The summed E-state index contributed by atoms with van der Waals surface area (Å²) >= 11 is 5.79. The summed E-state index contributed by atoms with van der Waals surface area (Å²) in [6, 6.07) is 5.24. The Morgan fingerprint density at radius 2 is 2.17 bits per heavy atom. The van der Waals surface area contributed by atoms with Gasteiger partial charge in [0.25, 0.3) is 0 Å². The fourth-order valence-electron chi connectivity index (χ4n) is 2.54. The van der Waals surface area contributed by atoms with Crippen molar-refractivity contribution in [3.8, 4) is 0 Å². The normalized spacial score (nSPS) is 21.8. The first-order valence-corrected chi connectivity index (χ1v) is 6.88. The van der Waals surface area contributed by atoms with Gasteiger partial charge in [0.1, 0.15) is 5.82 Å². The fraction of sp³-hybridized carbons (Fsp3) is 0.571. The van der Waals surface area contributed by atoms with Gasteiger partial charge in [0.2, 0.25) is 0 Å². The molecule has 1 unspecified atom stereocenters. The van der Waals surface area contributed by atoms with E-state index in [2.05, 4.69) is 4.90 Å². The van der Waals surface area contributed by atoms with Crippen molar-refractivity contribution in [1.82, 2.24) is 4.90 Å². The predicted octanol–water partition coefficient (Wildman–Crippen LogP) is 3.22. The molecule has 1 saturated heterocycles. The molecule has 2 nitrogen and oxygen atoms in total. The Bertz CT molecular complexity index is 399. The highest BCUT2D eigenvalue weighted by Gasteiger charge is 2.21. The zero-order valence-corrected chi connectivity index (χ0v) is 11.2. The van der Waals surface area contributed by atoms with Crippen molar-refractivity contribution in [2.24, 2.45) is 0 Å². The number of likely N-dealkylation sites (tertiary alicyclic amines) is 1. The minimum Gasteiger partial charge on any atom is -0.395 e. The lowest BCUT2D eigenvalue weighted by molar-refractivity contribution is 0.117. The Balaban J connectivity index is 2.12. The Kier molecular flexibility index (Phi) is 4.98. The summed E-state index contributed by atoms with van der Waals surface area (Å²) in [5, 5.41) is 9.60. The van der Waals surface area contributed by atoms with E-state index in [1.54, 1.807) is 18.2 Å². The fourth-order valence-corrected chi connectivity index (χ4v) is 2.74. The van der Waals surface area contributed by atoms with E-state index in [4.69, 9.17) is 11.6 Å². The molecular weight excluding hydrogens is 253 g/mol. The van der Waals surface area contributed by atoms with E-state index >= 15 is 0 Å². The number of rotatable bonds is 3. The molecule has 4 heteroatoms. The number of hydrogen-bond acceptors (Lipinski definition) is 2. The van der Waals surface area contributed by atoms with Crippen LogP contribution in [0.25, 0.3) is 0 Å². The summed E-state index contributed by atoms with van der Waals surface area (Å²) in [7, 11) is 0. The maximum Gasteiger partial charge on any atom is 0.146 e. The number of aliphatic hydroxyl groups is 1. The highest BCUT2D eigenvalue weighted by molar-refractivity contribution is 6.30. The summed E-state index contributed by atoms with van der Waals surface area (Å²) in [5.74, 6) is -0.333. The third-order valence-corrected chi connectivity index (χ3v) is 3.91. The van der Waals surface area contributed by atoms with Gasteiger partial charge in [-0.15, -0.1) is 0 Å². The topological polar surface area (TPSA) is 23.5 Å². The number of halogens is 2. The molecule has 1 heterocycles. The third-order valence-electron chi connectivity index (χ3n) is 3.61.